The predicted molar refractivity (Wildman–Crippen MR) is 130 cm³/mol. The van der Waals surface area contributed by atoms with Crippen molar-refractivity contribution in [2.45, 2.75) is 37.5 Å². The summed E-state index contributed by atoms with van der Waals surface area (Å²) in [6, 6.07) is 11.4. The van der Waals surface area contributed by atoms with E-state index in [1.165, 1.54) is 7.11 Å². The number of nitrogens with zero attached hydrogens (tertiary/aromatic N) is 1. The minimum Gasteiger partial charge on any atom is -0.495 e. The fourth-order valence-corrected chi connectivity index (χ4v) is 4.45. The lowest BCUT2D eigenvalue weighted by Crippen LogP contribution is -2.53. The Balaban J connectivity index is 1.47. The van der Waals surface area contributed by atoms with Gasteiger partial charge in [-0.25, -0.2) is 4.79 Å². The Hall–Kier alpha value is -3.79. The van der Waals surface area contributed by atoms with Crippen molar-refractivity contribution >= 4 is 29.2 Å². The minimum atomic E-state index is -0.468. The van der Waals surface area contributed by atoms with Gasteiger partial charge in [0.25, 0.3) is 5.91 Å². The van der Waals surface area contributed by atoms with Crippen LogP contribution in [0.4, 0.5) is 16.2 Å². The van der Waals surface area contributed by atoms with Gasteiger partial charge in [0, 0.05) is 19.8 Å². The van der Waals surface area contributed by atoms with Crippen molar-refractivity contribution in [3.8, 4) is 11.5 Å². The van der Waals surface area contributed by atoms with Crippen LogP contribution >= 0.6 is 0 Å². The molecule has 0 unspecified atom stereocenters. The van der Waals surface area contributed by atoms with Gasteiger partial charge in [0.05, 0.1) is 36.9 Å². The normalized spacial score (nSPS) is 21.4. The summed E-state index contributed by atoms with van der Waals surface area (Å²) in [4.78, 5) is 39.3. The molecule has 1 fully saturated rings. The van der Waals surface area contributed by atoms with E-state index in [1.807, 2.05) is 6.07 Å². The molecule has 0 aromatic heterocycles. The number of benzene rings is 2. The van der Waals surface area contributed by atoms with E-state index in [2.05, 4.69) is 16.0 Å². The molecule has 0 saturated carbocycles. The van der Waals surface area contributed by atoms with Gasteiger partial charge >= 0.3 is 6.03 Å². The molecular weight excluding hydrogens is 452 g/mol. The Bertz CT molecular complexity index is 1110. The molecule has 35 heavy (non-hydrogen) atoms. The fourth-order valence-electron chi connectivity index (χ4n) is 4.45. The number of methoxy groups -OCH3 is 1. The second kappa shape index (κ2) is 10.6. The summed E-state index contributed by atoms with van der Waals surface area (Å²) in [6.07, 6.45) is 1.09. The molecule has 10 nitrogen and oxygen atoms in total. The standard InChI is InChI=1S/C25H30N4O6/c1-26-23(30)13-16-9-10-19-22(35-16)14-34-20-11-8-15(12-17(20)24(31)29(19)2)27-25(32)28-18-6-4-5-7-21(18)33-3/h4-8,11-12,16,19,22H,9-10,13-14H2,1-3H3,(H,26,30)(H2,27,28,32)/t16-,19+,22-/m1/s1. The van der Waals surface area contributed by atoms with Gasteiger partial charge in [-0.2, -0.15) is 0 Å². The topological polar surface area (TPSA) is 118 Å². The third kappa shape index (κ3) is 5.48. The van der Waals surface area contributed by atoms with Crippen LogP contribution in [0.15, 0.2) is 42.5 Å². The highest BCUT2D eigenvalue weighted by atomic mass is 16.5. The van der Waals surface area contributed by atoms with Crippen LogP contribution in [0.5, 0.6) is 11.5 Å². The molecule has 0 spiro atoms. The molecule has 0 bridgehead atoms. The van der Waals surface area contributed by atoms with E-state index < -0.39 is 6.03 Å². The lowest BCUT2D eigenvalue weighted by Gasteiger charge is -2.42. The monoisotopic (exact) mass is 482 g/mol. The number of carbonyl (C=O) groups is 3. The maximum Gasteiger partial charge on any atom is 0.323 e. The van der Waals surface area contributed by atoms with Crippen molar-refractivity contribution in [3.05, 3.63) is 48.0 Å². The molecule has 1 saturated heterocycles. The molecule has 4 rings (SSSR count). The Morgan fingerprint density at radius 2 is 1.94 bits per heavy atom. The van der Waals surface area contributed by atoms with E-state index in [1.54, 1.807) is 55.4 Å². The zero-order valence-corrected chi connectivity index (χ0v) is 20.0. The number of nitrogens with one attached hydrogen (secondary N) is 3. The average molecular weight is 483 g/mol. The minimum absolute atomic E-state index is 0.0789. The van der Waals surface area contributed by atoms with E-state index in [-0.39, 0.29) is 43.1 Å². The zero-order valence-electron chi connectivity index (χ0n) is 20.0. The smallest absolute Gasteiger partial charge is 0.323 e. The van der Waals surface area contributed by atoms with Crippen LogP contribution < -0.4 is 25.4 Å². The first-order valence-electron chi connectivity index (χ1n) is 11.5. The summed E-state index contributed by atoms with van der Waals surface area (Å²) < 4.78 is 17.4. The summed E-state index contributed by atoms with van der Waals surface area (Å²) >= 11 is 0. The first-order valence-corrected chi connectivity index (χ1v) is 11.5. The maximum absolute atomic E-state index is 13.3. The van der Waals surface area contributed by atoms with E-state index in [0.29, 0.717) is 41.3 Å². The first kappa shape index (κ1) is 24.3. The molecule has 186 valence electrons. The number of ether oxygens (including phenoxy) is 3. The second-order valence-corrected chi connectivity index (χ2v) is 8.54. The zero-order chi connectivity index (χ0) is 24.9. The Morgan fingerprint density at radius 1 is 1.14 bits per heavy atom. The van der Waals surface area contributed by atoms with Crippen LogP contribution in [-0.4, -0.2) is 68.8 Å². The van der Waals surface area contributed by atoms with E-state index in [4.69, 9.17) is 14.2 Å². The lowest BCUT2D eigenvalue weighted by atomic mass is 9.94. The molecular formula is C25H30N4O6. The van der Waals surface area contributed by atoms with Gasteiger partial charge in [-0.15, -0.1) is 0 Å². The molecule has 2 heterocycles. The molecule has 2 aromatic rings. The first-order chi connectivity index (χ1) is 16.9. The number of amides is 4. The molecule has 2 aliphatic rings. The maximum atomic E-state index is 13.3. The molecule has 3 atom stereocenters. The quantitative estimate of drug-likeness (QED) is 0.603. The largest absolute Gasteiger partial charge is 0.495 e. The molecule has 2 aromatic carbocycles. The predicted octanol–water partition coefficient (Wildman–Crippen LogP) is 2.86. The summed E-state index contributed by atoms with van der Waals surface area (Å²) in [7, 11) is 4.87. The average Bonchev–Trinajstić information content (AvgIpc) is 2.86. The van der Waals surface area contributed by atoms with Gasteiger partial charge in [-0.05, 0) is 43.2 Å². The van der Waals surface area contributed by atoms with Crippen LogP contribution in [0.1, 0.15) is 29.6 Å². The summed E-state index contributed by atoms with van der Waals surface area (Å²) in [5.74, 6) is 0.641. The van der Waals surface area contributed by atoms with Crippen molar-refractivity contribution in [1.82, 2.24) is 10.2 Å². The van der Waals surface area contributed by atoms with Crippen molar-refractivity contribution in [3.63, 3.8) is 0 Å². The highest BCUT2D eigenvalue weighted by molar-refractivity contribution is 6.03. The fraction of sp³-hybridized carbons (Fsp3) is 0.400. The Kier molecular flexibility index (Phi) is 7.40. The molecule has 3 N–H and O–H groups in total. The Labute approximate surface area is 203 Å². The van der Waals surface area contributed by atoms with E-state index >= 15 is 0 Å². The molecule has 0 aliphatic carbocycles. The number of anilines is 2. The van der Waals surface area contributed by atoms with Crippen LogP contribution in [0, 0.1) is 0 Å². The number of hydrogen-bond donors (Lipinski definition) is 3. The van der Waals surface area contributed by atoms with Crippen molar-refractivity contribution in [2.75, 3.05) is 38.4 Å². The van der Waals surface area contributed by atoms with E-state index in [9.17, 15) is 14.4 Å². The lowest BCUT2D eigenvalue weighted by molar-refractivity contribution is -0.133. The number of likely N-dealkylation sites (N-methyl/N-ethyl adjacent to an activating group) is 1. The number of para-hydroxylation sites is 2. The van der Waals surface area contributed by atoms with Gasteiger partial charge in [0.1, 0.15) is 24.2 Å². The van der Waals surface area contributed by atoms with Crippen LogP contribution in [0.25, 0.3) is 0 Å². The summed E-state index contributed by atoms with van der Waals surface area (Å²) in [5.41, 5.74) is 1.33. The van der Waals surface area contributed by atoms with Gasteiger partial charge in [-0.1, -0.05) is 12.1 Å². The van der Waals surface area contributed by atoms with Crippen LogP contribution in [0.3, 0.4) is 0 Å². The highest BCUT2D eigenvalue weighted by Crippen LogP contribution is 2.32. The van der Waals surface area contributed by atoms with Gasteiger partial charge < -0.3 is 35.1 Å². The Morgan fingerprint density at radius 3 is 2.71 bits per heavy atom. The number of fused-ring (bicyclic) bond motifs is 2. The molecule has 0 radical (unpaired) electrons. The van der Waals surface area contributed by atoms with Crippen molar-refractivity contribution in [2.24, 2.45) is 0 Å². The number of hydrogen-bond acceptors (Lipinski definition) is 6. The van der Waals surface area contributed by atoms with Gasteiger partial charge in [0.15, 0.2) is 0 Å². The molecule has 10 heteroatoms. The van der Waals surface area contributed by atoms with Gasteiger partial charge in [0.2, 0.25) is 5.91 Å². The van der Waals surface area contributed by atoms with Crippen LogP contribution in [0.2, 0.25) is 0 Å². The molecule has 4 amide bonds. The third-order valence-electron chi connectivity index (χ3n) is 6.32. The SMILES string of the molecule is CNC(=O)C[C@H]1CC[C@H]2[C@@H](COc3ccc(NC(=O)Nc4ccccc4OC)cc3C(=O)N2C)O1. The van der Waals surface area contributed by atoms with Crippen LogP contribution in [-0.2, 0) is 9.53 Å². The molecule has 2 aliphatic heterocycles. The van der Waals surface area contributed by atoms with Gasteiger partial charge in [-0.3, -0.25) is 9.59 Å². The van der Waals surface area contributed by atoms with Crippen molar-refractivity contribution < 1.29 is 28.6 Å². The van der Waals surface area contributed by atoms with E-state index in [0.717, 1.165) is 0 Å². The number of carbonyl (C=O) groups excluding carboxylic acids is 3. The summed E-state index contributed by atoms with van der Waals surface area (Å²) in [6.45, 7) is 0.251. The highest BCUT2D eigenvalue weighted by Gasteiger charge is 2.39. The van der Waals surface area contributed by atoms with Crippen molar-refractivity contribution in [1.29, 1.82) is 0 Å². The second-order valence-electron chi connectivity index (χ2n) is 8.54. The number of urea groups is 1. The summed E-state index contributed by atoms with van der Waals surface area (Å²) in [5, 5.41) is 8.12. The third-order valence-corrected chi connectivity index (χ3v) is 6.32. The number of rotatable bonds is 5.